The molecule has 1 N–H and O–H groups in total. The summed E-state index contributed by atoms with van der Waals surface area (Å²) in [7, 11) is 0. The molecule has 1 aliphatic heterocycles. The van der Waals surface area contributed by atoms with Gasteiger partial charge in [-0.05, 0) is 31.4 Å². The van der Waals surface area contributed by atoms with Gasteiger partial charge in [-0.1, -0.05) is 6.07 Å². The number of ether oxygens (including phenoxy) is 2. The average molecular weight is 234 g/mol. The van der Waals surface area contributed by atoms with Crippen LogP contribution < -0.4 is 9.47 Å². The predicted molar refractivity (Wildman–Crippen MR) is 60.7 cm³/mol. The van der Waals surface area contributed by atoms with Crippen molar-refractivity contribution in [2.45, 2.75) is 25.2 Å². The predicted octanol–water partition coefficient (Wildman–Crippen LogP) is 1.88. The van der Waals surface area contributed by atoms with E-state index < -0.39 is 11.4 Å². The molecular weight excluding hydrogens is 220 g/mol. The summed E-state index contributed by atoms with van der Waals surface area (Å²) in [4.78, 5) is 11.4. The second kappa shape index (κ2) is 3.39. The maximum absolute atomic E-state index is 11.4. The lowest BCUT2D eigenvalue weighted by Crippen LogP contribution is -2.24. The van der Waals surface area contributed by atoms with Crippen LogP contribution in [-0.2, 0) is 10.2 Å². The molecular formula is C13H14O4. The van der Waals surface area contributed by atoms with Crippen molar-refractivity contribution in [1.82, 2.24) is 0 Å². The van der Waals surface area contributed by atoms with Crippen molar-refractivity contribution < 1.29 is 19.4 Å². The van der Waals surface area contributed by atoms with Gasteiger partial charge in [-0.3, -0.25) is 4.79 Å². The van der Waals surface area contributed by atoms with E-state index in [1.165, 1.54) is 0 Å². The summed E-state index contributed by atoms with van der Waals surface area (Å²) in [5.41, 5.74) is 1.05. The van der Waals surface area contributed by atoms with Crippen LogP contribution in [0.2, 0.25) is 0 Å². The molecule has 0 saturated heterocycles. The molecule has 90 valence electrons. The van der Waals surface area contributed by atoms with Gasteiger partial charge in [-0.25, -0.2) is 0 Å². The van der Waals surface area contributed by atoms with Crippen LogP contribution in [0.4, 0.5) is 0 Å². The van der Waals surface area contributed by atoms with Crippen molar-refractivity contribution in [3.8, 4) is 11.5 Å². The van der Waals surface area contributed by atoms with E-state index in [0.29, 0.717) is 37.6 Å². The second-order valence-electron chi connectivity index (χ2n) is 4.72. The largest absolute Gasteiger partial charge is 0.486 e. The SMILES string of the molecule is Cc1cc2c(c(C3(C(=O)O)CC3)c1)OCCO2. The molecule has 4 nitrogen and oxygen atoms in total. The summed E-state index contributed by atoms with van der Waals surface area (Å²) < 4.78 is 11.1. The Bertz CT molecular complexity index is 488. The summed E-state index contributed by atoms with van der Waals surface area (Å²) in [5.74, 6) is 0.542. The minimum absolute atomic E-state index is 0.485. The molecule has 0 atom stereocenters. The van der Waals surface area contributed by atoms with E-state index in [0.717, 1.165) is 11.1 Å². The Hall–Kier alpha value is -1.71. The molecule has 4 heteroatoms. The monoisotopic (exact) mass is 234 g/mol. The van der Waals surface area contributed by atoms with Crippen molar-refractivity contribution in [2.24, 2.45) is 0 Å². The minimum Gasteiger partial charge on any atom is -0.486 e. The number of fused-ring (bicyclic) bond motifs is 1. The molecule has 0 unspecified atom stereocenters. The van der Waals surface area contributed by atoms with Crippen LogP contribution in [0.5, 0.6) is 11.5 Å². The van der Waals surface area contributed by atoms with Crippen LogP contribution in [-0.4, -0.2) is 24.3 Å². The Morgan fingerprint density at radius 1 is 1.29 bits per heavy atom. The lowest BCUT2D eigenvalue weighted by molar-refractivity contribution is -0.140. The first kappa shape index (κ1) is 10.4. The third-order valence-corrected chi connectivity index (χ3v) is 3.46. The number of benzene rings is 1. The Balaban J connectivity index is 2.16. The van der Waals surface area contributed by atoms with Gasteiger partial charge in [0.15, 0.2) is 11.5 Å². The van der Waals surface area contributed by atoms with Gasteiger partial charge in [0.1, 0.15) is 13.2 Å². The lowest BCUT2D eigenvalue weighted by atomic mass is 9.93. The van der Waals surface area contributed by atoms with Gasteiger partial charge in [0.25, 0.3) is 0 Å². The highest BCUT2D eigenvalue weighted by Crippen LogP contribution is 2.54. The van der Waals surface area contributed by atoms with Crippen LogP contribution in [0, 0.1) is 6.92 Å². The highest BCUT2D eigenvalue weighted by molar-refractivity contribution is 5.86. The van der Waals surface area contributed by atoms with Crippen LogP contribution in [0.3, 0.4) is 0 Å². The van der Waals surface area contributed by atoms with Crippen molar-refractivity contribution in [3.05, 3.63) is 23.3 Å². The molecule has 1 aromatic carbocycles. The molecule has 3 rings (SSSR count). The van der Waals surface area contributed by atoms with E-state index in [1.54, 1.807) is 0 Å². The number of aliphatic carboxylic acids is 1. The van der Waals surface area contributed by atoms with Gasteiger partial charge < -0.3 is 14.6 Å². The van der Waals surface area contributed by atoms with Gasteiger partial charge in [0.05, 0.1) is 5.41 Å². The third-order valence-electron chi connectivity index (χ3n) is 3.46. The number of rotatable bonds is 2. The molecule has 17 heavy (non-hydrogen) atoms. The number of carboxylic acids is 1. The average Bonchev–Trinajstić information content (AvgIpc) is 3.09. The zero-order valence-corrected chi connectivity index (χ0v) is 9.66. The van der Waals surface area contributed by atoms with Gasteiger partial charge in [0, 0.05) is 5.56 Å². The molecule has 0 aromatic heterocycles. The standard InChI is InChI=1S/C13H14O4/c1-8-6-9(13(2-3-13)12(14)15)11-10(7-8)16-4-5-17-11/h6-7H,2-5H2,1H3,(H,14,15). The van der Waals surface area contributed by atoms with Crippen LogP contribution in [0.1, 0.15) is 24.0 Å². The smallest absolute Gasteiger partial charge is 0.314 e. The maximum Gasteiger partial charge on any atom is 0.314 e. The molecule has 0 radical (unpaired) electrons. The van der Waals surface area contributed by atoms with E-state index in [4.69, 9.17) is 9.47 Å². The number of carboxylic acid groups (broad SMARTS) is 1. The molecule has 1 saturated carbocycles. The van der Waals surface area contributed by atoms with E-state index in [-0.39, 0.29) is 0 Å². The van der Waals surface area contributed by atoms with E-state index in [1.807, 2.05) is 19.1 Å². The third kappa shape index (κ3) is 1.47. The summed E-state index contributed by atoms with van der Waals surface area (Å²) in [5, 5.41) is 9.35. The molecule has 1 aliphatic carbocycles. The number of hydrogen-bond acceptors (Lipinski definition) is 3. The van der Waals surface area contributed by atoms with Gasteiger partial charge in [0.2, 0.25) is 0 Å². The highest BCUT2D eigenvalue weighted by atomic mass is 16.6. The maximum atomic E-state index is 11.4. The van der Waals surface area contributed by atoms with Crippen molar-refractivity contribution in [3.63, 3.8) is 0 Å². The van der Waals surface area contributed by atoms with Crippen molar-refractivity contribution in [1.29, 1.82) is 0 Å². The van der Waals surface area contributed by atoms with Crippen molar-refractivity contribution in [2.75, 3.05) is 13.2 Å². The number of carbonyl (C=O) groups is 1. The first-order valence-electron chi connectivity index (χ1n) is 5.78. The van der Waals surface area contributed by atoms with Crippen LogP contribution >= 0.6 is 0 Å². The summed E-state index contributed by atoms with van der Waals surface area (Å²) in [6.07, 6.45) is 1.36. The fourth-order valence-electron chi connectivity index (χ4n) is 2.37. The lowest BCUT2D eigenvalue weighted by Gasteiger charge is -2.24. The van der Waals surface area contributed by atoms with Gasteiger partial charge in [-0.15, -0.1) is 0 Å². The second-order valence-corrected chi connectivity index (χ2v) is 4.72. The van der Waals surface area contributed by atoms with Gasteiger partial charge in [-0.2, -0.15) is 0 Å². The first-order valence-corrected chi connectivity index (χ1v) is 5.78. The quantitative estimate of drug-likeness (QED) is 0.848. The highest BCUT2D eigenvalue weighted by Gasteiger charge is 2.54. The summed E-state index contributed by atoms with van der Waals surface area (Å²) in [6, 6.07) is 3.81. The molecule has 2 aliphatic rings. The Kier molecular flexibility index (Phi) is 2.08. The summed E-state index contributed by atoms with van der Waals surface area (Å²) in [6.45, 7) is 2.95. The fraction of sp³-hybridized carbons (Fsp3) is 0.462. The zero-order chi connectivity index (χ0) is 12.0. The number of hydrogen-bond donors (Lipinski definition) is 1. The minimum atomic E-state index is -0.764. The molecule has 0 amide bonds. The molecule has 0 bridgehead atoms. The topological polar surface area (TPSA) is 55.8 Å². The fourth-order valence-corrected chi connectivity index (χ4v) is 2.37. The number of aryl methyl sites for hydroxylation is 1. The van der Waals surface area contributed by atoms with Gasteiger partial charge >= 0.3 is 5.97 Å². The van der Waals surface area contributed by atoms with E-state index in [2.05, 4.69) is 0 Å². The van der Waals surface area contributed by atoms with Crippen molar-refractivity contribution >= 4 is 5.97 Å². The molecule has 1 heterocycles. The van der Waals surface area contributed by atoms with E-state index >= 15 is 0 Å². The molecule has 1 aromatic rings. The Morgan fingerprint density at radius 2 is 2.00 bits per heavy atom. The Labute approximate surface area is 99.2 Å². The molecule has 0 spiro atoms. The van der Waals surface area contributed by atoms with E-state index in [9.17, 15) is 9.90 Å². The first-order chi connectivity index (χ1) is 8.13. The molecule has 1 fully saturated rings. The zero-order valence-electron chi connectivity index (χ0n) is 9.66. The van der Waals surface area contributed by atoms with Crippen LogP contribution in [0.25, 0.3) is 0 Å². The Morgan fingerprint density at radius 3 is 2.65 bits per heavy atom. The van der Waals surface area contributed by atoms with Crippen LogP contribution in [0.15, 0.2) is 12.1 Å². The summed E-state index contributed by atoms with van der Waals surface area (Å²) >= 11 is 0. The normalized spacial score (nSPS) is 19.8.